The van der Waals surface area contributed by atoms with E-state index in [4.69, 9.17) is 9.26 Å². The number of amides is 1. The molecule has 1 aliphatic heterocycles. The monoisotopic (exact) mass is 372 g/mol. The summed E-state index contributed by atoms with van der Waals surface area (Å²) in [5, 5.41) is 4.13. The van der Waals surface area contributed by atoms with Gasteiger partial charge in [-0.3, -0.25) is 9.88 Å². The first-order valence-corrected chi connectivity index (χ1v) is 9.25. The molecule has 2 fully saturated rings. The molecule has 1 amide bonds. The Kier molecular flexibility index (Phi) is 4.77. The minimum absolute atomic E-state index is 0.112. The van der Waals surface area contributed by atoms with Gasteiger partial charge in [0.25, 0.3) is 0 Å². The SMILES string of the molecule is CN(C)C(=O)OCCN1C[C@H]2CCC[C@@]2(c2nc(-c3cnccn3)no2)C1. The number of hydrogen-bond acceptors (Lipinski definition) is 8. The number of nitrogens with zero attached hydrogens (tertiary/aromatic N) is 6. The van der Waals surface area contributed by atoms with E-state index in [1.165, 1.54) is 4.90 Å². The molecule has 2 aromatic heterocycles. The van der Waals surface area contributed by atoms with E-state index in [2.05, 4.69) is 25.0 Å². The van der Waals surface area contributed by atoms with Crippen LogP contribution in [0.2, 0.25) is 0 Å². The van der Waals surface area contributed by atoms with Crippen LogP contribution in [0.15, 0.2) is 23.1 Å². The zero-order chi connectivity index (χ0) is 18.9. The minimum Gasteiger partial charge on any atom is -0.448 e. The third-order valence-corrected chi connectivity index (χ3v) is 5.58. The lowest BCUT2D eigenvalue weighted by Crippen LogP contribution is -2.34. The van der Waals surface area contributed by atoms with Crippen LogP contribution in [0.4, 0.5) is 4.79 Å². The predicted octanol–water partition coefficient (Wildman–Crippen LogP) is 1.58. The van der Waals surface area contributed by atoms with Crippen molar-refractivity contribution in [1.82, 2.24) is 29.9 Å². The summed E-state index contributed by atoms with van der Waals surface area (Å²) >= 11 is 0. The van der Waals surface area contributed by atoms with E-state index in [1.807, 2.05) is 0 Å². The second kappa shape index (κ2) is 7.22. The Labute approximate surface area is 157 Å². The Balaban J connectivity index is 1.45. The summed E-state index contributed by atoms with van der Waals surface area (Å²) in [7, 11) is 3.36. The van der Waals surface area contributed by atoms with Gasteiger partial charge in [-0.25, -0.2) is 9.78 Å². The second-order valence-corrected chi connectivity index (χ2v) is 7.50. The molecule has 27 heavy (non-hydrogen) atoms. The van der Waals surface area contributed by atoms with E-state index in [9.17, 15) is 4.79 Å². The van der Waals surface area contributed by atoms with Crippen molar-refractivity contribution in [3.8, 4) is 11.5 Å². The van der Waals surface area contributed by atoms with Crippen LogP contribution in [0.25, 0.3) is 11.5 Å². The molecule has 1 saturated carbocycles. The lowest BCUT2D eigenvalue weighted by molar-refractivity contribution is 0.106. The number of likely N-dealkylation sites (tertiary alicyclic amines) is 1. The van der Waals surface area contributed by atoms with Gasteiger partial charge in [0.2, 0.25) is 11.7 Å². The third kappa shape index (κ3) is 3.39. The second-order valence-electron chi connectivity index (χ2n) is 7.50. The largest absolute Gasteiger partial charge is 0.448 e. The fourth-order valence-corrected chi connectivity index (χ4v) is 4.25. The number of carbonyl (C=O) groups is 1. The van der Waals surface area contributed by atoms with Crippen molar-refractivity contribution in [3.05, 3.63) is 24.5 Å². The average Bonchev–Trinajstić information content (AvgIpc) is 3.36. The van der Waals surface area contributed by atoms with Gasteiger partial charge < -0.3 is 14.2 Å². The van der Waals surface area contributed by atoms with Gasteiger partial charge in [-0.05, 0) is 18.8 Å². The van der Waals surface area contributed by atoms with Gasteiger partial charge in [0.1, 0.15) is 12.3 Å². The third-order valence-electron chi connectivity index (χ3n) is 5.58. The number of aromatic nitrogens is 4. The lowest BCUT2D eigenvalue weighted by atomic mass is 9.80. The lowest BCUT2D eigenvalue weighted by Gasteiger charge is -2.24. The first-order valence-electron chi connectivity index (χ1n) is 9.25. The average molecular weight is 372 g/mol. The fourth-order valence-electron chi connectivity index (χ4n) is 4.25. The molecule has 0 aromatic carbocycles. The molecule has 0 spiro atoms. The van der Waals surface area contributed by atoms with Gasteiger partial charge in [-0.2, -0.15) is 4.98 Å². The first kappa shape index (κ1) is 17.8. The summed E-state index contributed by atoms with van der Waals surface area (Å²) in [6.45, 7) is 2.90. The molecule has 9 heteroatoms. The summed E-state index contributed by atoms with van der Waals surface area (Å²) in [5.74, 6) is 1.66. The van der Waals surface area contributed by atoms with Crippen LogP contribution in [0.5, 0.6) is 0 Å². The van der Waals surface area contributed by atoms with E-state index in [1.54, 1.807) is 32.7 Å². The van der Waals surface area contributed by atoms with Crippen molar-refractivity contribution < 1.29 is 14.1 Å². The number of ether oxygens (including phenoxy) is 1. The van der Waals surface area contributed by atoms with Crippen molar-refractivity contribution in [3.63, 3.8) is 0 Å². The van der Waals surface area contributed by atoms with Gasteiger partial charge in [0, 0.05) is 46.1 Å². The van der Waals surface area contributed by atoms with Crippen molar-refractivity contribution >= 4 is 6.09 Å². The first-order chi connectivity index (χ1) is 13.1. The highest BCUT2D eigenvalue weighted by Crippen LogP contribution is 2.50. The van der Waals surface area contributed by atoms with E-state index < -0.39 is 0 Å². The summed E-state index contributed by atoms with van der Waals surface area (Å²) in [6, 6.07) is 0. The molecular formula is C18H24N6O3. The Morgan fingerprint density at radius 3 is 3.11 bits per heavy atom. The van der Waals surface area contributed by atoms with Crippen LogP contribution in [0.1, 0.15) is 25.2 Å². The van der Waals surface area contributed by atoms with Gasteiger partial charge >= 0.3 is 6.09 Å². The van der Waals surface area contributed by atoms with Gasteiger partial charge in [-0.15, -0.1) is 0 Å². The summed E-state index contributed by atoms with van der Waals surface area (Å²) in [5.41, 5.74) is 0.503. The maximum Gasteiger partial charge on any atom is 0.409 e. The molecular weight excluding hydrogens is 348 g/mol. The zero-order valence-corrected chi connectivity index (χ0v) is 15.7. The quantitative estimate of drug-likeness (QED) is 0.780. The Bertz CT molecular complexity index is 795. The Morgan fingerprint density at radius 2 is 2.33 bits per heavy atom. The standard InChI is InChI=1S/C18H24N6O3/c1-23(2)17(25)26-9-8-24-11-13-4-3-5-18(13,12-24)16-21-15(22-27-16)14-10-19-6-7-20-14/h6-7,10,13H,3-5,8-9,11-12H2,1-2H3/t13-,18-/m1/s1. The molecule has 2 atom stereocenters. The van der Waals surface area contributed by atoms with Gasteiger partial charge in [0.05, 0.1) is 11.6 Å². The van der Waals surface area contributed by atoms with Crippen LogP contribution < -0.4 is 0 Å². The van der Waals surface area contributed by atoms with Gasteiger partial charge in [-0.1, -0.05) is 11.6 Å². The van der Waals surface area contributed by atoms with E-state index in [0.717, 1.165) is 32.4 Å². The topological polar surface area (TPSA) is 97.5 Å². The highest BCUT2D eigenvalue weighted by Gasteiger charge is 2.54. The summed E-state index contributed by atoms with van der Waals surface area (Å²) < 4.78 is 10.9. The van der Waals surface area contributed by atoms with Crippen molar-refractivity contribution in [2.75, 3.05) is 40.3 Å². The maximum atomic E-state index is 11.6. The van der Waals surface area contributed by atoms with Crippen molar-refractivity contribution in [1.29, 1.82) is 0 Å². The number of carbonyl (C=O) groups excluding carboxylic acids is 1. The van der Waals surface area contributed by atoms with Crippen LogP contribution in [0.3, 0.4) is 0 Å². The van der Waals surface area contributed by atoms with Crippen molar-refractivity contribution in [2.24, 2.45) is 5.92 Å². The normalized spacial score (nSPS) is 24.7. The highest BCUT2D eigenvalue weighted by molar-refractivity contribution is 5.66. The minimum atomic E-state index is -0.311. The molecule has 0 unspecified atom stereocenters. The molecule has 144 valence electrons. The van der Waals surface area contributed by atoms with Crippen LogP contribution in [-0.4, -0.2) is 76.3 Å². The van der Waals surface area contributed by atoms with E-state index >= 15 is 0 Å². The van der Waals surface area contributed by atoms with Gasteiger partial charge in [0.15, 0.2) is 0 Å². The Morgan fingerprint density at radius 1 is 1.44 bits per heavy atom. The van der Waals surface area contributed by atoms with Crippen LogP contribution >= 0.6 is 0 Å². The summed E-state index contributed by atoms with van der Waals surface area (Å²) in [4.78, 5) is 28.3. The van der Waals surface area contributed by atoms with Crippen LogP contribution in [-0.2, 0) is 10.2 Å². The molecule has 0 N–H and O–H groups in total. The zero-order valence-electron chi connectivity index (χ0n) is 15.7. The number of hydrogen-bond donors (Lipinski definition) is 0. The highest BCUT2D eigenvalue weighted by atomic mass is 16.6. The molecule has 0 bridgehead atoms. The van der Waals surface area contributed by atoms with E-state index in [0.29, 0.717) is 36.5 Å². The maximum absolute atomic E-state index is 11.6. The molecule has 3 heterocycles. The molecule has 1 saturated heterocycles. The predicted molar refractivity (Wildman–Crippen MR) is 95.8 cm³/mol. The van der Waals surface area contributed by atoms with E-state index in [-0.39, 0.29) is 11.5 Å². The molecule has 1 aliphatic carbocycles. The molecule has 4 rings (SSSR count). The van der Waals surface area contributed by atoms with Crippen molar-refractivity contribution in [2.45, 2.75) is 24.7 Å². The Hall–Kier alpha value is -2.55. The number of rotatable bonds is 5. The summed E-state index contributed by atoms with van der Waals surface area (Å²) in [6.07, 6.45) is 7.91. The smallest absolute Gasteiger partial charge is 0.409 e. The molecule has 9 nitrogen and oxygen atoms in total. The molecule has 2 aliphatic rings. The number of fused-ring (bicyclic) bond motifs is 1. The van der Waals surface area contributed by atoms with Crippen LogP contribution in [0, 0.1) is 5.92 Å². The molecule has 0 radical (unpaired) electrons. The fraction of sp³-hybridized carbons (Fsp3) is 0.611. The molecule has 2 aromatic rings.